The number of aromatic nitrogens is 1. The average molecular weight is 275 g/mol. The molecular formula is C16H25N3O. The highest BCUT2D eigenvalue weighted by Crippen LogP contribution is 2.24. The van der Waals surface area contributed by atoms with E-state index in [0.717, 1.165) is 37.9 Å². The van der Waals surface area contributed by atoms with Crippen molar-refractivity contribution < 1.29 is 4.74 Å². The summed E-state index contributed by atoms with van der Waals surface area (Å²) in [5.41, 5.74) is 2.43. The van der Waals surface area contributed by atoms with E-state index >= 15 is 0 Å². The summed E-state index contributed by atoms with van der Waals surface area (Å²) in [6.45, 7) is 7.06. The zero-order chi connectivity index (χ0) is 13.9. The fourth-order valence-electron chi connectivity index (χ4n) is 2.78. The van der Waals surface area contributed by atoms with Gasteiger partial charge in [0, 0.05) is 31.0 Å². The zero-order valence-electron chi connectivity index (χ0n) is 12.5. The molecule has 110 valence electrons. The van der Waals surface area contributed by atoms with E-state index in [1.807, 2.05) is 6.20 Å². The Balaban J connectivity index is 1.71. The van der Waals surface area contributed by atoms with Crippen molar-refractivity contribution >= 4 is 5.69 Å². The fraction of sp³-hybridized carbons (Fsp3) is 0.688. The Morgan fingerprint density at radius 1 is 1.45 bits per heavy atom. The molecule has 3 rings (SSSR count). The minimum atomic E-state index is 0.305. The highest BCUT2D eigenvalue weighted by molar-refractivity contribution is 5.48. The summed E-state index contributed by atoms with van der Waals surface area (Å²) in [6.07, 6.45) is 5.99. The molecule has 0 aromatic carbocycles. The van der Waals surface area contributed by atoms with Gasteiger partial charge < -0.3 is 15.0 Å². The second-order valence-electron chi connectivity index (χ2n) is 6.02. The van der Waals surface area contributed by atoms with Gasteiger partial charge in [-0.05, 0) is 38.3 Å². The van der Waals surface area contributed by atoms with Gasteiger partial charge in [-0.1, -0.05) is 6.92 Å². The molecule has 1 saturated carbocycles. The standard InChI is InChI=1S/C16H25N3O/c1-3-15-11-20-12(2)10-19(15)16-6-7-17-14(8-16)9-18-13-4-5-13/h6-8,12-13,15,18H,3-5,9-11H2,1-2H3. The van der Waals surface area contributed by atoms with Crippen LogP contribution < -0.4 is 10.2 Å². The van der Waals surface area contributed by atoms with Crippen molar-refractivity contribution in [2.45, 2.75) is 57.8 Å². The van der Waals surface area contributed by atoms with E-state index in [9.17, 15) is 0 Å². The molecule has 2 heterocycles. The predicted molar refractivity (Wildman–Crippen MR) is 80.9 cm³/mol. The van der Waals surface area contributed by atoms with Crippen LogP contribution in [0.2, 0.25) is 0 Å². The molecule has 2 fully saturated rings. The summed E-state index contributed by atoms with van der Waals surface area (Å²) >= 11 is 0. The first kappa shape index (κ1) is 13.8. The molecule has 1 saturated heterocycles. The number of morpholine rings is 1. The molecule has 0 radical (unpaired) electrons. The van der Waals surface area contributed by atoms with Gasteiger partial charge in [-0.15, -0.1) is 0 Å². The third-order valence-corrected chi connectivity index (χ3v) is 4.22. The highest BCUT2D eigenvalue weighted by atomic mass is 16.5. The van der Waals surface area contributed by atoms with Crippen LogP contribution in [0.3, 0.4) is 0 Å². The number of nitrogens with zero attached hydrogens (tertiary/aromatic N) is 2. The quantitative estimate of drug-likeness (QED) is 0.895. The van der Waals surface area contributed by atoms with Gasteiger partial charge in [-0.25, -0.2) is 0 Å². The molecule has 1 aromatic heterocycles. The second kappa shape index (κ2) is 6.10. The normalized spacial score (nSPS) is 26.8. The monoisotopic (exact) mass is 275 g/mol. The van der Waals surface area contributed by atoms with E-state index in [4.69, 9.17) is 4.74 Å². The molecule has 0 amide bonds. The molecule has 4 heteroatoms. The molecule has 0 spiro atoms. The first-order chi connectivity index (χ1) is 9.76. The third-order valence-electron chi connectivity index (χ3n) is 4.22. The topological polar surface area (TPSA) is 37.4 Å². The van der Waals surface area contributed by atoms with Crippen LogP contribution in [0.25, 0.3) is 0 Å². The maximum atomic E-state index is 5.78. The van der Waals surface area contributed by atoms with Crippen LogP contribution in [0.1, 0.15) is 38.8 Å². The van der Waals surface area contributed by atoms with E-state index in [2.05, 4.69) is 41.2 Å². The SMILES string of the molecule is CCC1COC(C)CN1c1ccnc(CNC2CC2)c1. The average Bonchev–Trinajstić information content (AvgIpc) is 3.30. The third kappa shape index (κ3) is 3.30. The number of rotatable bonds is 5. The Bertz CT molecular complexity index is 447. The predicted octanol–water partition coefficient (Wildman–Crippen LogP) is 2.34. The lowest BCUT2D eigenvalue weighted by Crippen LogP contribution is -2.48. The van der Waals surface area contributed by atoms with Crippen molar-refractivity contribution in [3.8, 4) is 0 Å². The van der Waals surface area contributed by atoms with Gasteiger partial charge in [0.25, 0.3) is 0 Å². The van der Waals surface area contributed by atoms with E-state index in [1.54, 1.807) is 0 Å². The maximum Gasteiger partial charge on any atom is 0.0723 e. The van der Waals surface area contributed by atoms with Crippen molar-refractivity contribution in [3.05, 3.63) is 24.0 Å². The summed E-state index contributed by atoms with van der Waals surface area (Å²) in [4.78, 5) is 6.97. The molecule has 1 aliphatic heterocycles. The van der Waals surface area contributed by atoms with Gasteiger partial charge >= 0.3 is 0 Å². The van der Waals surface area contributed by atoms with Gasteiger partial charge in [0.15, 0.2) is 0 Å². The lowest BCUT2D eigenvalue weighted by molar-refractivity contribution is 0.0299. The minimum absolute atomic E-state index is 0.305. The summed E-state index contributed by atoms with van der Waals surface area (Å²) < 4.78 is 5.78. The van der Waals surface area contributed by atoms with E-state index in [1.165, 1.54) is 18.5 Å². The molecule has 0 bridgehead atoms. The first-order valence-electron chi connectivity index (χ1n) is 7.83. The summed E-state index contributed by atoms with van der Waals surface area (Å²) in [5, 5.41) is 3.53. The number of ether oxygens (including phenoxy) is 1. The molecule has 1 aromatic rings. The first-order valence-corrected chi connectivity index (χ1v) is 7.83. The van der Waals surface area contributed by atoms with Gasteiger partial charge in [0.05, 0.1) is 24.4 Å². The molecule has 20 heavy (non-hydrogen) atoms. The van der Waals surface area contributed by atoms with Gasteiger partial charge in [0.2, 0.25) is 0 Å². The van der Waals surface area contributed by atoms with Crippen LogP contribution in [0.4, 0.5) is 5.69 Å². The number of anilines is 1. The van der Waals surface area contributed by atoms with E-state index in [-0.39, 0.29) is 0 Å². The largest absolute Gasteiger partial charge is 0.375 e. The van der Waals surface area contributed by atoms with Crippen molar-refractivity contribution in [1.29, 1.82) is 0 Å². The Morgan fingerprint density at radius 2 is 2.30 bits per heavy atom. The molecule has 1 aliphatic carbocycles. The molecule has 2 unspecified atom stereocenters. The van der Waals surface area contributed by atoms with Crippen LogP contribution in [0.5, 0.6) is 0 Å². The molecule has 2 atom stereocenters. The van der Waals surface area contributed by atoms with E-state index in [0.29, 0.717) is 12.1 Å². The van der Waals surface area contributed by atoms with Gasteiger partial charge in [0.1, 0.15) is 0 Å². The number of pyridine rings is 1. The van der Waals surface area contributed by atoms with Crippen molar-refractivity contribution in [3.63, 3.8) is 0 Å². The second-order valence-corrected chi connectivity index (χ2v) is 6.02. The van der Waals surface area contributed by atoms with E-state index < -0.39 is 0 Å². The molecule has 2 aliphatic rings. The Kier molecular flexibility index (Phi) is 4.22. The Morgan fingerprint density at radius 3 is 3.05 bits per heavy atom. The van der Waals surface area contributed by atoms with Crippen LogP contribution in [0.15, 0.2) is 18.3 Å². The fourth-order valence-corrected chi connectivity index (χ4v) is 2.78. The van der Waals surface area contributed by atoms with Crippen LogP contribution >= 0.6 is 0 Å². The van der Waals surface area contributed by atoms with Crippen molar-refractivity contribution in [2.75, 3.05) is 18.1 Å². The minimum Gasteiger partial charge on any atom is -0.375 e. The van der Waals surface area contributed by atoms with Crippen LogP contribution in [-0.4, -0.2) is 36.3 Å². The maximum absolute atomic E-state index is 5.78. The number of hydrogen-bond donors (Lipinski definition) is 1. The highest BCUT2D eigenvalue weighted by Gasteiger charge is 2.26. The lowest BCUT2D eigenvalue weighted by Gasteiger charge is -2.40. The molecule has 4 nitrogen and oxygen atoms in total. The van der Waals surface area contributed by atoms with Gasteiger partial charge in [-0.3, -0.25) is 4.98 Å². The number of hydrogen-bond acceptors (Lipinski definition) is 4. The smallest absolute Gasteiger partial charge is 0.0723 e. The Hall–Kier alpha value is -1.13. The van der Waals surface area contributed by atoms with Gasteiger partial charge in [-0.2, -0.15) is 0 Å². The van der Waals surface area contributed by atoms with Crippen LogP contribution in [0, 0.1) is 0 Å². The Labute approximate surface area is 121 Å². The van der Waals surface area contributed by atoms with Crippen molar-refractivity contribution in [1.82, 2.24) is 10.3 Å². The summed E-state index contributed by atoms with van der Waals surface area (Å²) in [6, 6.07) is 5.57. The molecule has 1 N–H and O–H groups in total. The van der Waals surface area contributed by atoms with Crippen LogP contribution in [-0.2, 0) is 11.3 Å². The number of nitrogens with one attached hydrogen (secondary N) is 1. The molecular weight excluding hydrogens is 250 g/mol. The zero-order valence-corrected chi connectivity index (χ0v) is 12.5. The summed E-state index contributed by atoms with van der Waals surface area (Å²) in [5.74, 6) is 0. The summed E-state index contributed by atoms with van der Waals surface area (Å²) in [7, 11) is 0. The van der Waals surface area contributed by atoms with Crippen molar-refractivity contribution in [2.24, 2.45) is 0 Å². The lowest BCUT2D eigenvalue weighted by atomic mass is 10.1.